The summed E-state index contributed by atoms with van der Waals surface area (Å²) >= 11 is 5.87. The minimum Gasteiger partial charge on any atom is -0.336 e. The number of nitrogens with zero attached hydrogens (tertiary/aromatic N) is 2. The molecule has 0 aliphatic rings. The van der Waals surface area contributed by atoms with Crippen LogP contribution in [-0.4, -0.2) is 27.3 Å². The van der Waals surface area contributed by atoms with E-state index in [1.165, 1.54) is 0 Å². The second kappa shape index (κ2) is 13.5. The number of ketones is 1. The minimum atomic E-state index is -0.994. The van der Waals surface area contributed by atoms with E-state index in [2.05, 4.69) is 35.7 Å². The van der Waals surface area contributed by atoms with E-state index in [0.717, 1.165) is 22.5 Å². The molecule has 0 bridgehead atoms. The smallest absolute Gasteiger partial charge is 0.200 e. The first-order valence-electron chi connectivity index (χ1n) is 10.9. The molecule has 0 aliphatic carbocycles. The summed E-state index contributed by atoms with van der Waals surface area (Å²) < 4.78 is 12.0. The lowest BCUT2D eigenvalue weighted by Gasteiger charge is -2.21. The number of carbonyl (C=O) groups excluding carboxylic acids is 1. The number of hydrogen-bond donors (Lipinski definition) is 1. The van der Waals surface area contributed by atoms with E-state index >= 15 is 0 Å². The number of halogens is 1. The van der Waals surface area contributed by atoms with E-state index in [9.17, 15) is 9.00 Å². The van der Waals surface area contributed by atoms with Gasteiger partial charge >= 0.3 is 0 Å². The van der Waals surface area contributed by atoms with Crippen LogP contribution in [0.3, 0.4) is 0 Å². The van der Waals surface area contributed by atoms with Gasteiger partial charge in [0.25, 0.3) is 0 Å². The Labute approximate surface area is 200 Å². The quantitative estimate of drug-likeness (QED) is 0.240. The van der Waals surface area contributed by atoms with Crippen LogP contribution >= 0.6 is 11.6 Å². The Morgan fingerprint density at radius 3 is 2.22 bits per heavy atom. The highest BCUT2D eigenvalue weighted by Gasteiger charge is 2.25. The Hall–Kier alpha value is -2.05. The molecule has 0 spiro atoms. The van der Waals surface area contributed by atoms with Gasteiger partial charge in [0.05, 0.1) is 28.8 Å². The summed E-state index contributed by atoms with van der Waals surface area (Å²) in [5.41, 5.74) is 3.22. The molecule has 5 nitrogen and oxygen atoms in total. The van der Waals surface area contributed by atoms with Gasteiger partial charge in [-0.15, -0.1) is 0 Å². The minimum absolute atomic E-state index is 0.0423. The topological polar surface area (TPSA) is 70.9 Å². The fourth-order valence-corrected chi connectivity index (χ4v) is 3.92. The Morgan fingerprint density at radius 2 is 1.75 bits per heavy atom. The van der Waals surface area contributed by atoms with Crippen LogP contribution in [0.2, 0.25) is 0 Å². The van der Waals surface area contributed by atoms with Crippen LogP contribution < -0.4 is 5.32 Å². The maximum absolute atomic E-state index is 13.3. The van der Waals surface area contributed by atoms with Crippen molar-refractivity contribution in [3.05, 3.63) is 52.8 Å². The predicted molar refractivity (Wildman–Crippen MR) is 138 cm³/mol. The third-order valence-electron chi connectivity index (χ3n) is 5.41. The summed E-state index contributed by atoms with van der Waals surface area (Å²) in [6, 6.07) is 7.51. The fraction of sp³-hybridized carbons (Fsp3) is 0.480. The number of allylic oxidation sites excluding steroid dienone is 2. The van der Waals surface area contributed by atoms with Crippen molar-refractivity contribution in [3.63, 3.8) is 0 Å². The standard InChI is InChI=1S/C25H36ClN3O2S/c1-9-17(5)18(6)24(30)25(29-23(16(3)4)19(7)28-20(8)26)27-15-21-11-13-22(14-12-21)32(31)10-2/h11-14,17-18H,8-10,15H2,1-7H3,(H,27,29)/b28-19-/t17-,18?,32?/m1/s1. The zero-order chi connectivity index (χ0) is 24.4. The molecule has 0 fully saturated rings. The number of Topliss-reactive ketones (excluding diaryl/α,β-unsaturated/α-hetero) is 1. The SMILES string of the molecule is C=C(Cl)/N=C(/C)C(NC(=NCc1ccc(S(=O)CC)cc1)C(=O)C(C)[C@H](C)CC)=C(C)C. The third-order valence-corrected chi connectivity index (χ3v) is 6.81. The van der Waals surface area contributed by atoms with Crippen molar-refractivity contribution in [1.29, 1.82) is 0 Å². The van der Waals surface area contributed by atoms with Gasteiger partial charge in [-0.1, -0.05) is 70.0 Å². The number of nitrogens with one attached hydrogen (secondary N) is 1. The lowest BCUT2D eigenvalue weighted by molar-refractivity contribution is -0.117. The Morgan fingerprint density at radius 1 is 1.16 bits per heavy atom. The second-order valence-corrected chi connectivity index (χ2v) is 10.2. The molecule has 1 N–H and O–H groups in total. The summed E-state index contributed by atoms with van der Waals surface area (Å²) in [4.78, 5) is 23.0. The van der Waals surface area contributed by atoms with Gasteiger partial charge in [0.1, 0.15) is 5.16 Å². The van der Waals surface area contributed by atoms with Crippen molar-refractivity contribution in [2.24, 2.45) is 21.8 Å². The van der Waals surface area contributed by atoms with Crippen LogP contribution in [0.4, 0.5) is 0 Å². The van der Waals surface area contributed by atoms with Crippen LogP contribution in [0, 0.1) is 11.8 Å². The number of aliphatic imine (C=N–C) groups is 2. The molecule has 3 atom stereocenters. The zero-order valence-electron chi connectivity index (χ0n) is 20.3. The van der Waals surface area contributed by atoms with Gasteiger partial charge in [-0.25, -0.2) is 4.99 Å². The number of carbonyl (C=O) groups is 1. The zero-order valence-corrected chi connectivity index (χ0v) is 21.9. The Kier molecular flexibility index (Phi) is 11.8. The van der Waals surface area contributed by atoms with Crippen molar-refractivity contribution < 1.29 is 9.00 Å². The molecule has 0 heterocycles. The maximum Gasteiger partial charge on any atom is 0.200 e. The van der Waals surface area contributed by atoms with Crippen molar-refractivity contribution in [1.82, 2.24) is 5.32 Å². The fourth-order valence-electron chi connectivity index (χ4n) is 3.02. The highest BCUT2D eigenvalue weighted by molar-refractivity contribution is 7.85. The predicted octanol–water partition coefficient (Wildman–Crippen LogP) is 6.02. The first kappa shape index (κ1) is 28.0. The average Bonchev–Trinajstić information content (AvgIpc) is 2.76. The summed E-state index contributed by atoms with van der Waals surface area (Å²) in [5, 5.41) is 3.40. The number of amidine groups is 1. The van der Waals surface area contributed by atoms with Crippen LogP contribution in [-0.2, 0) is 22.1 Å². The molecule has 0 amide bonds. The van der Waals surface area contributed by atoms with E-state index in [-0.39, 0.29) is 22.8 Å². The number of rotatable bonds is 11. The van der Waals surface area contributed by atoms with Crippen LogP contribution in [0.5, 0.6) is 0 Å². The highest BCUT2D eigenvalue weighted by atomic mass is 35.5. The molecule has 0 saturated carbocycles. The van der Waals surface area contributed by atoms with Gasteiger partial charge in [0, 0.05) is 16.6 Å². The third kappa shape index (κ3) is 8.47. The molecular formula is C25H36ClN3O2S. The number of hydrogen-bond acceptors (Lipinski definition) is 4. The largest absolute Gasteiger partial charge is 0.336 e. The van der Waals surface area contributed by atoms with Crippen LogP contribution in [0.1, 0.15) is 60.5 Å². The monoisotopic (exact) mass is 477 g/mol. The van der Waals surface area contributed by atoms with Crippen LogP contribution in [0.15, 0.2) is 62.2 Å². The molecule has 32 heavy (non-hydrogen) atoms. The lowest BCUT2D eigenvalue weighted by atomic mass is 9.89. The molecule has 7 heteroatoms. The van der Waals surface area contributed by atoms with Gasteiger partial charge in [0.2, 0.25) is 5.78 Å². The highest BCUT2D eigenvalue weighted by Crippen LogP contribution is 2.18. The number of benzene rings is 1. The van der Waals surface area contributed by atoms with Gasteiger partial charge < -0.3 is 5.32 Å². The molecule has 2 unspecified atom stereocenters. The van der Waals surface area contributed by atoms with Gasteiger partial charge in [0.15, 0.2) is 5.84 Å². The lowest BCUT2D eigenvalue weighted by Crippen LogP contribution is -2.38. The summed E-state index contributed by atoms with van der Waals surface area (Å²) in [6.07, 6.45) is 0.901. The van der Waals surface area contributed by atoms with Crippen molar-refractivity contribution >= 4 is 39.7 Å². The Balaban J connectivity index is 3.30. The molecule has 1 rings (SSSR count). The van der Waals surface area contributed by atoms with E-state index in [4.69, 9.17) is 11.6 Å². The molecule has 1 aromatic rings. The molecule has 0 aliphatic heterocycles. The van der Waals surface area contributed by atoms with E-state index in [1.807, 2.05) is 58.9 Å². The Bertz CT molecular complexity index is 929. The molecule has 0 radical (unpaired) electrons. The molecular weight excluding hydrogens is 442 g/mol. The van der Waals surface area contributed by atoms with Crippen molar-refractivity contribution in [2.45, 2.75) is 66.3 Å². The molecule has 1 aromatic carbocycles. The summed E-state index contributed by atoms with van der Waals surface area (Å²) in [7, 11) is -0.994. The van der Waals surface area contributed by atoms with Gasteiger partial charge in [-0.2, -0.15) is 0 Å². The van der Waals surface area contributed by atoms with E-state index in [0.29, 0.717) is 29.5 Å². The summed E-state index contributed by atoms with van der Waals surface area (Å²) in [5.74, 6) is 0.878. The second-order valence-electron chi connectivity index (χ2n) is 8.05. The molecule has 0 saturated heterocycles. The van der Waals surface area contributed by atoms with E-state index < -0.39 is 10.8 Å². The van der Waals surface area contributed by atoms with Gasteiger partial charge in [-0.3, -0.25) is 14.0 Å². The maximum atomic E-state index is 13.3. The first-order valence-corrected chi connectivity index (χ1v) is 12.6. The van der Waals surface area contributed by atoms with Crippen molar-refractivity contribution in [3.8, 4) is 0 Å². The van der Waals surface area contributed by atoms with Crippen molar-refractivity contribution in [2.75, 3.05) is 5.75 Å². The van der Waals surface area contributed by atoms with Crippen LogP contribution in [0.25, 0.3) is 0 Å². The summed E-state index contributed by atoms with van der Waals surface area (Å²) in [6.45, 7) is 17.6. The van der Waals surface area contributed by atoms with Gasteiger partial charge in [-0.05, 0) is 44.4 Å². The van der Waals surface area contributed by atoms with E-state index in [1.54, 1.807) is 0 Å². The first-order chi connectivity index (χ1) is 15.0. The normalized spacial score (nSPS) is 15.0. The average molecular weight is 478 g/mol. The molecule has 176 valence electrons. The molecule has 0 aromatic heterocycles.